The van der Waals surface area contributed by atoms with Gasteiger partial charge in [0.15, 0.2) is 5.78 Å². The summed E-state index contributed by atoms with van der Waals surface area (Å²) in [6.07, 6.45) is 0. The van der Waals surface area contributed by atoms with Crippen molar-refractivity contribution in [3.8, 4) is 28.7 Å². The molecule has 3 rings (SSSR count). The number of carbonyl (C=O) groups excluding carboxylic acids is 1. The standard InChI is InChI=1S/C17H14N2O3/c1-11(20)12-5-3-6-13(9-12)16-18-19-17(22-16)14-7-4-8-15(10-14)21-2/h3-10H,1-2H3. The van der Waals surface area contributed by atoms with Crippen molar-refractivity contribution in [2.45, 2.75) is 6.92 Å². The molecule has 5 heteroatoms. The molecule has 0 aliphatic heterocycles. The Balaban J connectivity index is 1.96. The number of benzene rings is 2. The van der Waals surface area contributed by atoms with Crippen LogP contribution in [0.5, 0.6) is 5.75 Å². The topological polar surface area (TPSA) is 65.2 Å². The summed E-state index contributed by atoms with van der Waals surface area (Å²) in [4.78, 5) is 11.4. The molecule has 5 nitrogen and oxygen atoms in total. The van der Waals surface area contributed by atoms with E-state index in [9.17, 15) is 4.79 Å². The van der Waals surface area contributed by atoms with Crippen molar-refractivity contribution in [3.05, 3.63) is 54.1 Å². The van der Waals surface area contributed by atoms with Crippen molar-refractivity contribution >= 4 is 5.78 Å². The normalized spacial score (nSPS) is 10.5. The monoisotopic (exact) mass is 294 g/mol. The summed E-state index contributed by atoms with van der Waals surface area (Å²) in [5.41, 5.74) is 2.11. The van der Waals surface area contributed by atoms with Crippen molar-refractivity contribution in [1.82, 2.24) is 10.2 Å². The Labute approximate surface area is 127 Å². The maximum atomic E-state index is 11.4. The van der Waals surface area contributed by atoms with E-state index in [1.807, 2.05) is 30.3 Å². The van der Waals surface area contributed by atoms with Gasteiger partial charge in [-0.3, -0.25) is 4.79 Å². The van der Waals surface area contributed by atoms with Gasteiger partial charge in [0.05, 0.1) is 7.11 Å². The van der Waals surface area contributed by atoms with Gasteiger partial charge in [-0.2, -0.15) is 0 Å². The molecular weight excluding hydrogens is 280 g/mol. The maximum absolute atomic E-state index is 11.4. The summed E-state index contributed by atoms with van der Waals surface area (Å²) in [5.74, 6) is 1.49. The first-order valence-corrected chi connectivity index (χ1v) is 6.76. The minimum atomic E-state index is -0.00520. The van der Waals surface area contributed by atoms with E-state index in [4.69, 9.17) is 9.15 Å². The van der Waals surface area contributed by atoms with E-state index in [2.05, 4.69) is 10.2 Å². The molecule has 1 heterocycles. The Kier molecular flexibility index (Phi) is 3.70. The Bertz CT molecular complexity index is 824. The molecule has 0 spiro atoms. The maximum Gasteiger partial charge on any atom is 0.248 e. The van der Waals surface area contributed by atoms with E-state index in [-0.39, 0.29) is 5.78 Å². The molecule has 110 valence electrons. The zero-order chi connectivity index (χ0) is 15.5. The number of hydrogen-bond donors (Lipinski definition) is 0. The van der Waals surface area contributed by atoms with Crippen LogP contribution in [-0.4, -0.2) is 23.1 Å². The molecule has 0 saturated carbocycles. The second kappa shape index (κ2) is 5.81. The molecule has 0 radical (unpaired) electrons. The Morgan fingerprint density at radius 3 is 2.27 bits per heavy atom. The molecular formula is C17H14N2O3. The first-order valence-electron chi connectivity index (χ1n) is 6.76. The van der Waals surface area contributed by atoms with E-state index in [1.165, 1.54) is 6.92 Å². The number of ether oxygens (including phenoxy) is 1. The van der Waals surface area contributed by atoms with Crippen LogP contribution in [0.2, 0.25) is 0 Å². The number of Topliss-reactive ketones (excluding diaryl/α,β-unsaturated/α-hetero) is 1. The van der Waals surface area contributed by atoms with Crippen molar-refractivity contribution in [2.75, 3.05) is 7.11 Å². The fourth-order valence-corrected chi connectivity index (χ4v) is 2.08. The summed E-state index contributed by atoms with van der Waals surface area (Å²) in [6, 6.07) is 14.5. The zero-order valence-electron chi connectivity index (χ0n) is 12.2. The van der Waals surface area contributed by atoms with Crippen LogP contribution in [0.4, 0.5) is 0 Å². The highest BCUT2D eigenvalue weighted by Gasteiger charge is 2.12. The minimum Gasteiger partial charge on any atom is -0.497 e. The van der Waals surface area contributed by atoms with Crippen LogP contribution < -0.4 is 4.74 Å². The Hall–Kier alpha value is -2.95. The van der Waals surface area contributed by atoms with Crippen LogP contribution in [0, 0.1) is 0 Å². The van der Waals surface area contributed by atoms with Gasteiger partial charge < -0.3 is 9.15 Å². The number of aromatic nitrogens is 2. The number of methoxy groups -OCH3 is 1. The van der Waals surface area contributed by atoms with Gasteiger partial charge in [-0.15, -0.1) is 10.2 Å². The molecule has 0 aliphatic carbocycles. The fraction of sp³-hybridized carbons (Fsp3) is 0.118. The highest BCUT2D eigenvalue weighted by atomic mass is 16.5. The van der Waals surface area contributed by atoms with Gasteiger partial charge in [0.25, 0.3) is 0 Å². The van der Waals surface area contributed by atoms with E-state index in [1.54, 1.807) is 25.3 Å². The number of hydrogen-bond acceptors (Lipinski definition) is 5. The second-order valence-electron chi connectivity index (χ2n) is 4.78. The Morgan fingerprint density at radius 2 is 1.64 bits per heavy atom. The van der Waals surface area contributed by atoms with Crippen molar-refractivity contribution < 1.29 is 13.9 Å². The molecule has 3 aromatic rings. The van der Waals surface area contributed by atoms with Gasteiger partial charge in [-0.1, -0.05) is 18.2 Å². The van der Waals surface area contributed by atoms with Crippen molar-refractivity contribution in [1.29, 1.82) is 0 Å². The predicted molar refractivity (Wildman–Crippen MR) is 81.7 cm³/mol. The molecule has 0 bridgehead atoms. The molecule has 0 N–H and O–H groups in total. The molecule has 0 saturated heterocycles. The van der Waals surface area contributed by atoms with Gasteiger partial charge in [-0.05, 0) is 37.3 Å². The van der Waals surface area contributed by atoms with Crippen LogP contribution in [0.1, 0.15) is 17.3 Å². The lowest BCUT2D eigenvalue weighted by Crippen LogP contribution is -1.91. The number of ketones is 1. The average molecular weight is 294 g/mol. The lowest BCUT2D eigenvalue weighted by Gasteiger charge is -2.00. The molecule has 0 amide bonds. The highest BCUT2D eigenvalue weighted by molar-refractivity contribution is 5.95. The van der Waals surface area contributed by atoms with Gasteiger partial charge >= 0.3 is 0 Å². The molecule has 0 fully saturated rings. The van der Waals surface area contributed by atoms with E-state index >= 15 is 0 Å². The average Bonchev–Trinajstić information content (AvgIpc) is 3.05. The van der Waals surface area contributed by atoms with E-state index in [0.717, 1.165) is 11.3 Å². The van der Waals surface area contributed by atoms with E-state index in [0.29, 0.717) is 22.9 Å². The van der Waals surface area contributed by atoms with Gasteiger partial charge in [0, 0.05) is 16.7 Å². The first kappa shape index (κ1) is 14.0. The molecule has 22 heavy (non-hydrogen) atoms. The molecule has 1 aromatic heterocycles. The number of rotatable bonds is 4. The first-order chi connectivity index (χ1) is 10.7. The quantitative estimate of drug-likeness (QED) is 0.688. The second-order valence-corrected chi connectivity index (χ2v) is 4.78. The molecule has 0 atom stereocenters. The Morgan fingerprint density at radius 1 is 1.00 bits per heavy atom. The van der Waals surface area contributed by atoms with Gasteiger partial charge in [-0.25, -0.2) is 0 Å². The zero-order valence-corrected chi connectivity index (χ0v) is 12.2. The third-order valence-electron chi connectivity index (χ3n) is 3.26. The van der Waals surface area contributed by atoms with Crippen LogP contribution in [-0.2, 0) is 0 Å². The SMILES string of the molecule is COc1cccc(-c2nnc(-c3cccc(C(C)=O)c3)o2)c1. The van der Waals surface area contributed by atoms with Crippen molar-refractivity contribution in [3.63, 3.8) is 0 Å². The van der Waals surface area contributed by atoms with Crippen LogP contribution in [0.25, 0.3) is 22.9 Å². The minimum absolute atomic E-state index is 0.00520. The predicted octanol–water partition coefficient (Wildman–Crippen LogP) is 3.61. The largest absolute Gasteiger partial charge is 0.497 e. The van der Waals surface area contributed by atoms with Crippen LogP contribution >= 0.6 is 0 Å². The molecule has 0 aliphatic rings. The lowest BCUT2D eigenvalue weighted by atomic mass is 10.1. The fourth-order valence-electron chi connectivity index (χ4n) is 2.08. The van der Waals surface area contributed by atoms with Crippen LogP contribution in [0.3, 0.4) is 0 Å². The van der Waals surface area contributed by atoms with Gasteiger partial charge in [0.2, 0.25) is 11.8 Å². The lowest BCUT2D eigenvalue weighted by molar-refractivity contribution is 0.101. The summed E-state index contributed by atoms with van der Waals surface area (Å²) in [7, 11) is 1.60. The number of carbonyl (C=O) groups is 1. The highest BCUT2D eigenvalue weighted by Crippen LogP contribution is 2.26. The summed E-state index contributed by atoms with van der Waals surface area (Å²) >= 11 is 0. The van der Waals surface area contributed by atoms with Crippen LogP contribution in [0.15, 0.2) is 52.9 Å². The summed E-state index contributed by atoms with van der Waals surface area (Å²) < 4.78 is 10.9. The third kappa shape index (κ3) is 2.74. The molecule has 2 aromatic carbocycles. The smallest absolute Gasteiger partial charge is 0.248 e. The van der Waals surface area contributed by atoms with Gasteiger partial charge in [0.1, 0.15) is 5.75 Å². The summed E-state index contributed by atoms with van der Waals surface area (Å²) in [6.45, 7) is 1.52. The third-order valence-corrected chi connectivity index (χ3v) is 3.26. The number of nitrogens with zero attached hydrogens (tertiary/aromatic N) is 2. The van der Waals surface area contributed by atoms with E-state index < -0.39 is 0 Å². The molecule has 0 unspecified atom stereocenters. The van der Waals surface area contributed by atoms with Crippen molar-refractivity contribution in [2.24, 2.45) is 0 Å². The summed E-state index contributed by atoms with van der Waals surface area (Å²) in [5, 5.41) is 8.11.